The summed E-state index contributed by atoms with van der Waals surface area (Å²) >= 11 is 0. The first-order valence-electron chi connectivity index (χ1n) is 6.65. The van der Waals surface area contributed by atoms with Crippen molar-refractivity contribution < 1.29 is 0 Å². The van der Waals surface area contributed by atoms with E-state index in [9.17, 15) is 0 Å². The van der Waals surface area contributed by atoms with E-state index in [2.05, 4.69) is 29.9 Å². The number of nitrogens with one attached hydrogen (secondary N) is 1. The molecule has 102 valence electrons. The maximum atomic E-state index is 4.27. The molecule has 0 saturated carbocycles. The maximum absolute atomic E-state index is 4.27. The molecule has 1 aliphatic heterocycles. The van der Waals surface area contributed by atoms with Gasteiger partial charge in [0, 0.05) is 45.1 Å². The second kappa shape index (κ2) is 5.94. The molecule has 0 atom stereocenters. The number of H-pyrrole nitrogens is 1. The summed E-state index contributed by atoms with van der Waals surface area (Å²) in [7, 11) is 0. The van der Waals surface area contributed by atoms with E-state index in [0.717, 1.165) is 51.6 Å². The summed E-state index contributed by atoms with van der Waals surface area (Å²) in [5.74, 6) is 1.05. The number of aromatic amines is 1. The molecule has 0 spiro atoms. The molecule has 0 unspecified atom stereocenters. The molecule has 19 heavy (non-hydrogen) atoms. The van der Waals surface area contributed by atoms with Gasteiger partial charge in [0.25, 0.3) is 0 Å². The Morgan fingerprint density at radius 3 is 2.63 bits per heavy atom. The van der Waals surface area contributed by atoms with Crippen LogP contribution in [0.5, 0.6) is 0 Å². The first-order chi connectivity index (χ1) is 9.40. The molecule has 2 aromatic heterocycles. The molecule has 0 aliphatic carbocycles. The van der Waals surface area contributed by atoms with Gasteiger partial charge in [-0.05, 0) is 0 Å². The molecule has 1 N–H and O–H groups in total. The number of piperazine rings is 1. The van der Waals surface area contributed by atoms with Crippen molar-refractivity contribution >= 4 is 0 Å². The van der Waals surface area contributed by atoms with Gasteiger partial charge < -0.3 is 4.98 Å². The first kappa shape index (κ1) is 12.3. The third kappa shape index (κ3) is 3.39. The quantitative estimate of drug-likeness (QED) is 0.809. The Balaban J connectivity index is 1.39. The largest absolute Gasteiger partial charge is 0.348 e. The molecule has 0 amide bonds. The van der Waals surface area contributed by atoms with Gasteiger partial charge in [-0.3, -0.25) is 14.5 Å². The average molecular weight is 261 g/mol. The fourth-order valence-electron chi connectivity index (χ4n) is 2.36. The van der Waals surface area contributed by atoms with Crippen molar-refractivity contribution in [3.05, 3.63) is 30.9 Å². The molecule has 0 aromatic carbocycles. The lowest BCUT2D eigenvalue weighted by Crippen LogP contribution is -2.46. The average Bonchev–Trinajstić information content (AvgIpc) is 3.11. The highest BCUT2D eigenvalue weighted by molar-refractivity contribution is 4.88. The molecule has 3 rings (SSSR count). The molecule has 3 heterocycles. The fourth-order valence-corrected chi connectivity index (χ4v) is 2.36. The van der Waals surface area contributed by atoms with Crippen molar-refractivity contribution in [2.24, 2.45) is 0 Å². The molecule has 1 fully saturated rings. The number of hydrogen-bond donors (Lipinski definition) is 1. The van der Waals surface area contributed by atoms with Gasteiger partial charge in [0.1, 0.15) is 18.5 Å². The number of nitrogens with zero attached hydrogens (tertiary/aromatic N) is 6. The molecule has 1 saturated heterocycles. The van der Waals surface area contributed by atoms with Crippen molar-refractivity contribution in [2.75, 3.05) is 32.7 Å². The fraction of sp³-hybridized carbons (Fsp3) is 0.583. The Kier molecular flexibility index (Phi) is 3.85. The van der Waals surface area contributed by atoms with E-state index in [1.807, 2.05) is 17.1 Å². The van der Waals surface area contributed by atoms with Crippen LogP contribution in [-0.4, -0.2) is 67.3 Å². The van der Waals surface area contributed by atoms with Crippen molar-refractivity contribution in [3.8, 4) is 0 Å². The number of hydrogen-bond acceptors (Lipinski definition) is 5. The molecule has 0 bridgehead atoms. The minimum Gasteiger partial charge on any atom is -0.348 e. The summed E-state index contributed by atoms with van der Waals surface area (Å²) in [4.78, 5) is 16.3. The Hall–Kier alpha value is -1.73. The van der Waals surface area contributed by atoms with Crippen LogP contribution in [0.4, 0.5) is 0 Å². The van der Waals surface area contributed by atoms with Crippen LogP contribution in [0.3, 0.4) is 0 Å². The maximum Gasteiger partial charge on any atom is 0.137 e. The lowest BCUT2D eigenvalue weighted by molar-refractivity contribution is 0.121. The summed E-state index contributed by atoms with van der Waals surface area (Å²) in [6.07, 6.45) is 7.04. The zero-order valence-corrected chi connectivity index (χ0v) is 10.9. The molecule has 1 aliphatic rings. The molecule has 2 aromatic rings. The van der Waals surface area contributed by atoms with E-state index < -0.39 is 0 Å². The molecule has 7 heteroatoms. The van der Waals surface area contributed by atoms with E-state index in [-0.39, 0.29) is 0 Å². The first-order valence-corrected chi connectivity index (χ1v) is 6.65. The van der Waals surface area contributed by atoms with Crippen LogP contribution in [0, 0.1) is 0 Å². The van der Waals surface area contributed by atoms with Crippen LogP contribution in [0.15, 0.2) is 25.0 Å². The van der Waals surface area contributed by atoms with Crippen LogP contribution in [0.1, 0.15) is 5.82 Å². The summed E-state index contributed by atoms with van der Waals surface area (Å²) in [6, 6.07) is 0. The van der Waals surface area contributed by atoms with E-state index in [1.165, 1.54) is 0 Å². The van der Waals surface area contributed by atoms with Crippen molar-refractivity contribution in [1.82, 2.24) is 34.5 Å². The summed E-state index contributed by atoms with van der Waals surface area (Å²) in [5, 5.41) is 4.12. The zero-order chi connectivity index (χ0) is 12.9. The van der Waals surface area contributed by atoms with Gasteiger partial charge in [0.2, 0.25) is 0 Å². The second-order valence-electron chi connectivity index (χ2n) is 4.81. The summed E-state index contributed by atoms with van der Waals surface area (Å²) in [6.45, 7) is 7.28. The van der Waals surface area contributed by atoms with Gasteiger partial charge in [-0.25, -0.2) is 9.97 Å². The Morgan fingerprint density at radius 2 is 1.95 bits per heavy atom. The third-order valence-electron chi connectivity index (χ3n) is 3.51. The Morgan fingerprint density at radius 1 is 1.11 bits per heavy atom. The minimum atomic E-state index is 0.915. The van der Waals surface area contributed by atoms with Gasteiger partial charge >= 0.3 is 0 Å². The zero-order valence-electron chi connectivity index (χ0n) is 10.9. The smallest absolute Gasteiger partial charge is 0.137 e. The molecule has 0 radical (unpaired) electrons. The Labute approximate surface area is 112 Å². The standard InChI is InChI=1S/C12H19N7/c1-2-15-12(14-1)9-18-5-3-17(4-6-18)7-8-19-11-13-10-16-19/h1-2,10-11H,3-9H2,(H,14,15). The lowest BCUT2D eigenvalue weighted by atomic mass is 10.3. The molecule has 7 nitrogen and oxygen atoms in total. The van der Waals surface area contributed by atoms with Gasteiger partial charge in [-0.15, -0.1) is 0 Å². The number of imidazole rings is 1. The third-order valence-corrected chi connectivity index (χ3v) is 3.51. The number of rotatable bonds is 5. The van der Waals surface area contributed by atoms with Gasteiger partial charge in [0.05, 0.1) is 13.1 Å². The topological polar surface area (TPSA) is 65.9 Å². The molecular formula is C12H19N7. The van der Waals surface area contributed by atoms with Crippen LogP contribution in [0.25, 0.3) is 0 Å². The van der Waals surface area contributed by atoms with E-state index >= 15 is 0 Å². The van der Waals surface area contributed by atoms with Gasteiger partial charge in [-0.2, -0.15) is 5.10 Å². The van der Waals surface area contributed by atoms with Crippen molar-refractivity contribution in [2.45, 2.75) is 13.1 Å². The van der Waals surface area contributed by atoms with Crippen LogP contribution in [0.2, 0.25) is 0 Å². The van der Waals surface area contributed by atoms with E-state index in [0.29, 0.717) is 0 Å². The monoisotopic (exact) mass is 261 g/mol. The number of aromatic nitrogens is 5. The SMILES string of the molecule is c1c[nH]c(CN2CCN(CCn3cncn3)CC2)n1. The highest BCUT2D eigenvalue weighted by atomic mass is 15.3. The second-order valence-corrected chi connectivity index (χ2v) is 4.81. The Bertz CT molecular complexity index is 456. The normalized spacial score (nSPS) is 17.9. The molecular weight excluding hydrogens is 242 g/mol. The highest BCUT2D eigenvalue weighted by Crippen LogP contribution is 2.05. The van der Waals surface area contributed by atoms with Crippen LogP contribution < -0.4 is 0 Å². The highest BCUT2D eigenvalue weighted by Gasteiger charge is 2.17. The minimum absolute atomic E-state index is 0.915. The van der Waals surface area contributed by atoms with Crippen LogP contribution in [-0.2, 0) is 13.1 Å². The van der Waals surface area contributed by atoms with Gasteiger partial charge in [0.15, 0.2) is 0 Å². The van der Waals surface area contributed by atoms with Crippen molar-refractivity contribution in [3.63, 3.8) is 0 Å². The van der Waals surface area contributed by atoms with Gasteiger partial charge in [-0.1, -0.05) is 0 Å². The van der Waals surface area contributed by atoms with Crippen molar-refractivity contribution in [1.29, 1.82) is 0 Å². The predicted octanol–water partition coefficient (Wildman–Crippen LogP) is -0.181. The predicted molar refractivity (Wildman–Crippen MR) is 70.3 cm³/mol. The summed E-state index contributed by atoms with van der Waals surface area (Å²) < 4.78 is 1.88. The van der Waals surface area contributed by atoms with E-state index in [4.69, 9.17) is 0 Å². The summed E-state index contributed by atoms with van der Waals surface area (Å²) in [5.41, 5.74) is 0. The van der Waals surface area contributed by atoms with E-state index in [1.54, 1.807) is 12.7 Å². The lowest BCUT2D eigenvalue weighted by Gasteiger charge is -2.34. The van der Waals surface area contributed by atoms with Crippen LogP contribution >= 0.6 is 0 Å².